The van der Waals surface area contributed by atoms with E-state index in [0.717, 1.165) is 47.6 Å². The van der Waals surface area contributed by atoms with Gasteiger partial charge in [-0.25, -0.2) is 4.99 Å². The molecular weight excluding hydrogens is 781 g/mol. The summed E-state index contributed by atoms with van der Waals surface area (Å²) in [7, 11) is 2.18. The zero-order valence-corrected chi connectivity index (χ0v) is 36.3. The summed E-state index contributed by atoms with van der Waals surface area (Å²) in [5.41, 5.74) is 17.4. The molecule has 0 spiro atoms. The van der Waals surface area contributed by atoms with Gasteiger partial charge >= 0.3 is 0 Å². The molecule has 0 saturated heterocycles. The van der Waals surface area contributed by atoms with Crippen LogP contribution in [0, 0.1) is 0 Å². The van der Waals surface area contributed by atoms with Crippen molar-refractivity contribution in [2.45, 2.75) is 44.1 Å². The molecule has 11 rings (SSSR count). The number of nitrogens with one attached hydrogen (secondary N) is 2. The number of hydrogen-bond acceptors (Lipinski definition) is 6. The summed E-state index contributed by atoms with van der Waals surface area (Å²) >= 11 is 0. The van der Waals surface area contributed by atoms with Crippen molar-refractivity contribution in [2.24, 2.45) is 4.99 Å². The Labute approximate surface area is 377 Å². The number of para-hydroxylation sites is 4. The van der Waals surface area contributed by atoms with Gasteiger partial charge in [-0.05, 0) is 107 Å². The van der Waals surface area contributed by atoms with Gasteiger partial charge in [-0.15, -0.1) is 0 Å². The average Bonchev–Trinajstić information content (AvgIpc) is 3.65. The maximum atomic E-state index is 5.14. The molecule has 0 aromatic heterocycles. The number of amidine groups is 1. The maximum absolute atomic E-state index is 5.14. The molecule has 0 radical (unpaired) electrons. The quantitative estimate of drug-likeness (QED) is 0.144. The van der Waals surface area contributed by atoms with E-state index in [1.54, 1.807) is 0 Å². The van der Waals surface area contributed by atoms with Gasteiger partial charge < -0.3 is 20.0 Å². The molecule has 3 heterocycles. The Morgan fingerprint density at radius 2 is 1.17 bits per heavy atom. The van der Waals surface area contributed by atoms with Crippen LogP contribution in [0.3, 0.4) is 0 Å². The SMILES string of the molecule is CCN(C)c1ccccc1CCc1cccc(N2c3ccccc3C3c4ccccc4N(c4ccc(C5NC(c6ccccc6)=NC(c6ccccc6)N5)cc4)C3c3ccccc32)c1. The number of anilines is 6. The fourth-order valence-electron chi connectivity index (χ4n) is 10.2. The number of benzene rings is 8. The topological polar surface area (TPSA) is 46.1 Å². The highest BCUT2D eigenvalue weighted by atomic mass is 15.3. The van der Waals surface area contributed by atoms with Gasteiger partial charge in [0.1, 0.15) is 18.2 Å². The molecule has 314 valence electrons. The zero-order chi connectivity index (χ0) is 43.0. The first kappa shape index (κ1) is 39.4. The van der Waals surface area contributed by atoms with Crippen LogP contribution in [-0.4, -0.2) is 19.4 Å². The smallest absolute Gasteiger partial charge is 0.131 e. The van der Waals surface area contributed by atoms with Crippen molar-refractivity contribution in [1.82, 2.24) is 10.6 Å². The highest BCUT2D eigenvalue weighted by molar-refractivity contribution is 5.99. The predicted molar refractivity (Wildman–Crippen MR) is 265 cm³/mol. The molecule has 8 aromatic rings. The lowest BCUT2D eigenvalue weighted by molar-refractivity contribution is 0.409. The van der Waals surface area contributed by atoms with Crippen LogP contribution in [0.1, 0.15) is 75.7 Å². The minimum Gasteiger partial charge on any atom is -0.375 e. The lowest BCUT2D eigenvalue weighted by atomic mass is 9.84. The minimum absolute atomic E-state index is 0.0195. The molecule has 3 aliphatic heterocycles. The third-order valence-electron chi connectivity index (χ3n) is 13.4. The lowest BCUT2D eigenvalue weighted by Crippen LogP contribution is -2.44. The van der Waals surface area contributed by atoms with Gasteiger partial charge in [0, 0.05) is 47.8 Å². The number of fused-ring (bicyclic) bond motifs is 7. The van der Waals surface area contributed by atoms with E-state index in [1.165, 1.54) is 56.3 Å². The van der Waals surface area contributed by atoms with Crippen molar-refractivity contribution in [2.75, 3.05) is 28.3 Å². The molecule has 6 heteroatoms. The van der Waals surface area contributed by atoms with Crippen molar-refractivity contribution in [1.29, 1.82) is 0 Å². The molecule has 0 aliphatic carbocycles. The Morgan fingerprint density at radius 1 is 0.547 bits per heavy atom. The molecule has 4 unspecified atom stereocenters. The van der Waals surface area contributed by atoms with Gasteiger partial charge in [-0.2, -0.15) is 0 Å². The number of hydrogen-bond donors (Lipinski definition) is 2. The zero-order valence-electron chi connectivity index (χ0n) is 36.3. The van der Waals surface area contributed by atoms with Crippen LogP contribution in [0.4, 0.5) is 34.1 Å². The molecule has 0 amide bonds. The monoisotopic (exact) mass is 832 g/mol. The van der Waals surface area contributed by atoms with Crippen molar-refractivity contribution in [3.8, 4) is 0 Å². The molecule has 0 fully saturated rings. The Balaban J connectivity index is 0.966. The standard InChI is InChI=1S/C58H52N6/c1-3-62(2)50-29-14-10-20-41(50)34-33-40-19-18-25-46(39-40)63-51-30-15-11-26-47(51)54-48-27-12-16-31-52(48)64(55(54)49-28-13-17-32-53(49)63)45-37-35-44(36-38-45)58-60-56(42-21-6-4-7-22-42)59-57(61-58)43-23-8-5-9-24-43/h4-32,35-39,54-56,58,60H,3,33-34H2,1-2H3,(H,59,61). The normalized spacial score (nSPS) is 18.4. The molecule has 8 aromatic carbocycles. The second kappa shape index (κ2) is 17.0. The molecule has 0 saturated carbocycles. The Kier molecular flexibility index (Phi) is 10.5. The maximum Gasteiger partial charge on any atom is 0.131 e. The van der Waals surface area contributed by atoms with Crippen molar-refractivity contribution >= 4 is 40.0 Å². The van der Waals surface area contributed by atoms with E-state index in [1.807, 2.05) is 6.07 Å². The molecule has 0 bridgehead atoms. The van der Waals surface area contributed by atoms with Crippen LogP contribution in [0.25, 0.3) is 0 Å². The van der Waals surface area contributed by atoms with Crippen LogP contribution in [0.15, 0.2) is 211 Å². The third kappa shape index (κ3) is 7.20. The number of aryl methyl sites for hydroxylation is 2. The first-order valence-corrected chi connectivity index (χ1v) is 22.7. The predicted octanol–water partition coefficient (Wildman–Crippen LogP) is 13.1. The van der Waals surface area contributed by atoms with Crippen molar-refractivity contribution in [3.63, 3.8) is 0 Å². The van der Waals surface area contributed by atoms with Gasteiger partial charge in [0.15, 0.2) is 0 Å². The van der Waals surface area contributed by atoms with Crippen LogP contribution in [0.2, 0.25) is 0 Å². The van der Waals surface area contributed by atoms with E-state index in [2.05, 4.69) is 239 Å². The van der Waals surface area contributed by atoms with Crippen LogP contribution in [-0.2, 0) is 12.8 Å². The number of aliphatic imine (C=N–C) groups is 1. The molecule has 64 heavy (non-hydrogen) atoms. The summed E-state index contributed by atoms with van der Waals surface area (Å²) in [5.74, 6) is 0.985. The highest BCUT2D eigenvalue weighted by Gasteiger charge is 2.45. The summed E-state index contributed by atoms with van der Waals surface area (Å²) in [6.45, 7) is 3.19. The fraction of sp³-hybridized carbons (Fsp3) is 0.155. The lowest BCUT2D eigenvalue weighted by Gasteiger charge is -2.34. The summed E-state index contributed by atoms with van der Waals surface area (Å²) in [4.78, 5) is 12.6. The Morgan fingerprint density at radius 3 is 1.92 bits per heavy atom. The van der Waals surface area contributed by atoms with E-state index in [0.29, 0.717) is 0 Å². The van der Waals surface area contributed by atoms with E-state index < -0.39 is 0 Å². The average molecular weight is 833 g/mol. The van der Waals surface area contributed by atoms with Gasteiger partial charge in [-0.3, -0.25) is 5.32 Å². The minimum atomic E-state index is -0.190. The Hall–Kier alpha value is -7.41. The summed E-state index contributed by atoms with van der Waals surface area (Å²) in [6.07, 6.45) is 1.60. The van der Waals surface area contributed by atoms with Crippen molar-refractivity contribution < 1.29 is 0 Å². The summed E-state index contributed by atoms with van der Waals surface area (Å²) in [5, 5.41) is 7.53. The number of rotatable bonds is 10. The third-order valence-corrected chi connectivity index (χ3v) is 13.4. The fourth-order valence-corrected chi connectivity index (χ4v) is 10.2. The van der Waals surface area contributed by atoms with Crippen LogP contribution >= 0.6 is 0 Å². The van der Waals surface area contributed by atoms with Gasteiger partial charge in [0.25, 0.3) is 0 Å². The summed E-state index contributed by atoms with van der Waals surface area (Å²) in [6, 6.07) is 75.4. The molecule has 2 N–H and O–H groups in total. The molecule has 6 nitrogen and oxygen atoms in total. The first-order chi connectivity index (χ1) is 31.6. The van der Waals surface area contributed by atoms with Crippen molar-refractivity contribution in [3.05, 3.63) is 251 Å². The second-order valence-corrected chi connectivity index (χ2v) is 17.1. The van der Waals surface area contributed by atoms with E-state index in [9.17, 15) is 0 Å². The largest absolute Gasteiger partial charge is 0.375 e. The van der Waals surface area contributed by atoms with E-state index in [-0.39, 0.29) is 24.3 Å². The Bertz CT molecular complexity index is 2950. The van der Waals surface area contributed by atoms with Gasteiger partial charge in [0.05, 0.1) is 17.4 Å². The number of nitrogens with zero attached hydrogens (tertiary/aromatic N) is 4. The summed E-state index contributed by atoms with van der Waals surface area (Å²) < 4.78 is 0. The molecule has 3 aliphatic rings. The van der Waals surface area contributed by atoms with Gasteiger partial charge in [0.2, 0.25) is 0 Å². The second-order valence-electron chi connectivity index (χ2n) is 17.1. The van der Waals surface area contributed by atoms with Crippen LogP contribution in [0.5, 0.6) is 0 Å². The van der Waals surface area contributed by atoms with E-state index >= 15 is 0 Å². The highest BCUT2D eigenvalue weighted by Crippen LogP contribution is 2.61. The van der Waals surface area contributed by atoms with Crippen LogP contribution < -0.4 is 25.3 Å². The molecular formula is C58H52N6. The molecule has 4 atom stereocenters. The van der Waals surface area contributed by atoms with Gasteiger partial charge in [-0.1, -0.05) is 158 Å². The first-order valence-electron chi connectivity index (χ1n) is 22.7. The van der Waals surface area contributed by atoms with E-state index in [4.69, 9.17) is 4.99 Å².